The van der Waals surface area contributed by atoms with Gasteiger partial charge in [-0.25, -0.2) is 8.42 Å². The monoisotopic (exact) mass is 357 g/mol. The van der Waals surface area contributed by atoms with Gasteiger partial charge in [0.25, 0.3) is 0 Å². The first-order valence-electron chi connectivity index (χ1n) is 5.66. The van der Waals surface area contributed by atoms with Gasteiger partial charge in [-0.3, -0.25) is 0 Å². The van der Waals surface area contributed by atoms with Gasteiger partial charge in [0.1, 0.15) is 10.7 Å². The SMILES string of the molecule is CCCC(C)N(C)S(=O)(=O)c1cc(CCl)oc1Br. The molecule has 0 fully saturated rings. The van der Waals surface area contributed by atoms with E-state index in [4.69, 9.17) is 16.0 Å². The average Bonchev–Trinajstić information content (AvgIpc) is 2.70. The lowest BCUT2D eigenvalue weighted by atomic mass is 10.2. The summed E-state index contributed by atoms with van der Waals surface area (Å²) in [5.74, 6) is 0.571. The summed E-state index contributed by atoms with van der Waals surface area (Å²) in [4.78, 5) is 0.128. The fraction of sp³-hybridized carbons (Fsp3) is 0.636. The van der Waals surface area contributed by atoms with E-state index in [2.05, 4.69) is 15.9 Å². The maximum absolute atomic E-state index is 12.4. The topological polar surface area (TPSA) is 50.5 Å². The standard InChI is InChI=1S/C11H17BrClNO3S/c1-4-5-8(2)14(3)18(15,16)10-6-9(7-13)17-11(10)12/h6,8H,4-5,7H2,1-3H3. The Morgan fingerprint density at radius 2 is 2.17 bits per heavy atom. The molecule has 0 N–H and O–H groups in total. The Hall–Kier alpha value is -0.0400. The van der Waals surface area contributed by atoms with E-state index in [1.165, 1.54) is 10.4 Å². The molecule has 0 bridgehead atoms. The van der Waals surface area contributed by atoms with Gasteiger partial charge in [0.05, 0.1) is 5.88 Å². The van der Waals surface area contributed by atoms with Crippen LogP contribution in [0.2, 0.25) is 0 Å². The Kier molecular flexibility index (Phi) is 5.70. The van der Waals surface area contributed by atoms with Crippen LogP contribution in [-0.2, 0) is 15.9 Å². The van der Waals surface area contributed by atoms with E-state index in [-0.39, 0.29) is 21.5 Å². The minimum absolute atomic E-state index is 0.0544. The number of nitrogens with zero attached hydrogens (tertiary/aromatic N) is 1. The van der Waals surface area contributed by atoms with Crippen molar-refractivity contribution in [1.82, 2.24) is 4.31 Å². The normalized spacial score (nSPS) is 14.1. The maximum atomic E-state index is 12.4. The van der Waals surface area contributed by atoms with Crippen molar-refractivity contribution in [3.63, 3.8) is 0 Å². The second-order valence-electron chi connectivity index (χ2n) is 4.14. The summed E-state index contributed by atoms with van der Waals surface area (Å²) in [7, 11) is -1.97. The quantitative estimate of drug-likeness (QED) is 0.730. The van der Waals surface area contributed by atoms with Gasteiger partial charge in [0.2, 0.25) is 10.0 Å². The predicted octanol–water partition coefficient (Wildman–Crippen LogP) is 3.59. The molecule has 0 spiro atoms. The van der Waals surface area contributed by atoms with Crippen LogP contribution >= 0.6 is 27.5 Å². The molecule has 0 radical (unpaired) electrons. The molecular weight excluding hydrogens is 342 g/mol. The summed E-state index contributed by atoms with van der Waals surface area (Å²) >= 11 is 8.75. The van der Waals surface area contributed by atoms with Crippen molar-refractivity contribution in [2.24, 2.45) is 0 Å². The number of sulfonamides is 1. The lowest BCUT2D eigenvalue weighted by molar-refractivity contribution is 0.367. The molecule has 1 unspecified atom stereocenters. The van der Waals surface area contributed by atoms with Crippen LogP contribution in [0.25, 0.3) is 0 Å². The first kappa shape index (κ1) is 16.0. The van der Waals surface area contributed by atoms with Gasteiger partial charge >= 0.3 is 0 Å². The zero-order valence-electron chi connectivity index (χ0n) is 10.6. The second kappa shape index (κ2) is 6.41. The van der Waals surface area contributed by atoms with Gasteiger partial charge in [0, 0.05) is 19.2 Å². The minimum Gasteiger partial charge on any atom is -0.452 e. The first-order valence-corrected chi connectivity index (χ1v) is 8.43. The summed E-state index contributed by atoms with van der Waals surface area (Å²) in [6.07, 6.45) is 1.74. The van der Waals surface area contributed by atoms with Gasteiger partial charge in [-0.05, 0) is 29.3 Å². The van der Waals surface area contributed by atoms with Crippen molar-refractivity contribution in [1.29, 1.82) is 0 Å². The molecule has 1 aromatic rings. The third-order valence-corrected chi connectivity index (χ3v) is 5.91. The van der Waals surface area contributed by atoms with Gasteiger partial charge in [0.15, 0.2) is 4.67 Å². The van der Waals surface area contributed by atoms with Gasteiger partial charge < -0.3 is 4.42 Å². The largest absolute Gasteiger partial charge is 0.452 e. The van der Waals surface area contributed by atoms with E-state index in [0.29, 0.717) is 5.76 Å². The van der Waals surface area contributed by atoms with E-state index in [1.807, 2.05) is 13.8 Å². The molecule has 0 aliphatic carbocycles. The summed E-state index contributed by atoms with van der Waals surface area (Å²) in [6.45, 7) is 3.91. The number of alkyl halides is 1. The average molecular weight is 359 g/mol. The lowest BCUT2D eigenvalue weighted by Gasteiger charge is -2.23. The number of hydrogen-bond acceptors (Lipinski definition) is 3. The highest BCUT2D eigenvalue weighted by Gasteiger charge is 2.29. The molecule has 0 aliphatic heterocycles. The lowest BCUT2D eigenvalue weighted by Crippen LogP contribution is -2.34. The maximum Gasteiger partial charge on any atom is 0.247 e. The van der Waals surface area contributed by atoms with Crippen LogP contribution in [0.15, 0.2) is 20.0 Å². The number of hydrogen-bond donors (Lipinski definition) is 0. The van der Waals surface area contributed by atoms with E-state index in [0.717, 1.165) is 12.8 Å². The number of furan rings is 1. The molecule has 4 nitrogen and oxygen atoms in total. The van der Waals surface area contributed by atoms with E-state index < -0.39 is 10.0 Å². The molecule has 0 amide bonds. The molecule has 1 atom stereocenters. The zero-order valence-corrected chi connectivity index (χ0v) is 13.8. The Balaban J connectivity index is 3.08. The van der Waals surface area contributed by atoms with E-state index in [1.54, 1.807) is 7.05 Å². The predicted molar refractivity (Wildman–Crippen MR) is 75.3 cm³/mol. The van der Waals surface area contributed by atoms with Crippen LogP contribution in [0.3, 0.4) is 0 Å². The summed E-state index contributed by atoms with van der Waals surface area (Å²) in [6, 6.07) is 1.41. The molecule has 7 heteroatoms. The molecule has 0 aromatic carbocycles. The minimum atomic E-state index is -3.55. The van der Waals surface area contributed by atoms with Gasteiger partial charge in [-0.2, -0.15) is 4.31 Å². The van der Waals surface area contributed by atoms with Gasteiger partial charge in [-0.1, -0.05) is 13.3 Å². The molecule has 0 saturated carbocycles. The van der Waals surface area contributed by atoms with Crippen LogP contribution in [-0.4, -0.2) is 25.8 Å². The molecular formula is C11H17BrClNO3S. The zero-order chi connectivity index (χ0) is 13.9. The Morgan fingerprint density at radius 3 is 2.61 bits per heavy atom. The summed E-state index contributed by atoms with van der Waals surface area (Å²) in [5.41, 5.74) is 0. The van der Waals surface area contributed by atoms with E-state index >= 15 is 0 Å². The molecule has 1 heterocycles. The Labute approximate surface area is 121 Å². The van der Waals surface area contributed by atoms with Crippen molar-refractivity contribution in [3.8, 4) is 0 Å². The van der Waals surface area contributed by atoms with Crippen LogP contribution in [0, 0.1) is 0 Å². The molecule has 104 valence electrons. The highest BCUT2D eigenvalue weighted by atomic mass is 79.9. The van der Waals surface area contributed by atoms with Crippen LogP contribution < -0.4 is 0 Å². The van der Waals surface area contributed by atoms with Crippen LogP contribution in [0.5, 0.6) is 0 Å². The van der Waals surface area contributed by atoms with Crippen molar-refractivity contribution in [3.05, 3.63) is 16.5 Å². The molecule has 0 saturated heterocycles. The summed E-state index contributed by atoms with van der Waals surface area (Å²) < 4.78 is 31.6. The van der Waals surface area contributed by atoms with Crippen molar-refractivity contribution < 1.29 is 12.8 Å². The molecule has 1 aromatic heterocycles. The number of halogens is 2. The third-order valence-electron chi connectivity index (χ3n) is 2.82. The fourth-order valence-corrected chi connectivity index (χ4v) is 4.11. The number of rotatable bonds is 6. The third kappa shape index (κ3) is 3.29. The fourth-order valence-electron chi connectivity index (χ4n) is 1.63. The Bertz CT molecular complexity index is 500. The molecule has 0 aliphatic rings. The highest BCUT2D eigenvalue weighted by molar-refractivity contribution is 9.10. The Morgan fingerprint density at radius 1 is 1.56 bits per heavy atom. The van der Waals surface area contributed by atoms with Crippen molar-refractivity contribution in [2.45, 2.75) is 43.5 Å². The van der Waals surface area contributed by atoms with Crippen LogP contribution in [0.1, 0.15) is 32.4 Å². The molecule has 1 rings (SSSR count). The van der Waals surface area contributed by atoms with Gasteiger partial charge in [-0.15, -0.1) is 11.6 Å². The van der Waals surface area contributed by atoms with Crippen molar-refractivity contribution in [2.75, 3.05) is 7.05 Å². The van der Waals surface area contributed by atoms with Crippen LogP contribution in [0.4, 0.5) is 0 Å². The highest BCUT2D eigenvalue weighted by Crippen LogP contribution is 2.30. The summed E-state index contributed by atoms with van der Waals surface area (Å²) in [5, 5.41) is 0. The molecule has 18 heavy (non-hydrogen) atoms. The first-order chi connectivity index (χ1) is 8.34. The van der Waals surface area contributed by atoms with E-state index in [9.17, 15) is 8.42 Å². The van der Waals surface area contributed by atoms with Crippen molar-refractivity contribution >= 4 is 37.6 Å². The second-order valence-corrected chi connectivity index (χ2v) is 7.10. The smallest absolute Gasteiger partial charge is 0.247 e.